The molecule has 0 aromatic heterocycles. The number of esters is 1. The Morgan fingerprint density at radius 3 is 2.64 bits per heavy atom. The number of nitrogens with zero attached hydrogens (tertiary/aromatic N) is 1. The Balaban J connectivity index is 1.69. The lowest BCUT2D eigenvalue weighted by Gasteiger charge is -2.20. The monoisotopic (exact) mass is 382 g/mol. The Bertz CT molecular complexity index is 896. The second-order valence-corrected chi connectivity index (χ2v) is 6.43. The van der Waals surface area contributed by atoms with E-state index in [1.54, 1.807) is 53.4 Å². The third-order valence-electron chi connectivity index (χ3n) is 4.48. The van der Waals surface area contributed by atoms with Crippen LogP contribution >= 0.6 is 0 Å². The highest BCUT2D eigenvalue weighted by molar-refractivity contribution is 6.04. The lowest BCUT2D eigenvalue weighted by atomic mass is 10.1. The molecule has 7 nitrogen and oxygen atoms in total. The van der Waals surface area contributed by atoms with Gasteiger partial charge in [0, 0.05) is 24.7 Å². The minimum absolute atomic E-state index is 0.0240. The number of rotatable bonds is 6. The first-order valence-electron chi connectivity index (χ1n) is 9.05. The number of carbonyl (C=O) groups excluding carboxylic acids is 3. The van der Waals surface area contributed by atoms with Crippen LogP contribution in [0.5, 0.6) is 5.75 Å². The topological polar surface area (TPSA) is 84.9 Å². The maximum Gasteiger partial charge on any atom is 0.341 e. The lowest BCUT2D eigenvalue weighted by Crippen LogP contribution is -2.31. The number of para-hydroxylation sites is 1. The summed E-state index contributed by atoms with van der Waals surface area (Å²) in [6.07, 6.45) is 0.200. The van der Waals surface area contributed by atoms with Gasteiger partial charge in [-0.1, -0.05) is 18.2 Å². The van der Waals surface area contributed by atoms with E-state index in [0.29, 0.717) is 30.1 Å². The van der Waals surface area contributed by atoms with Crippen molar-refractivity contribution in [3.05, 3.63) is 54.1 Å². The van der Waals surface area contributed by atoms with Crippen LogP contribution in [-0.2, 0) is 14.3 Å². The molecule has 0 unspecified atom stereocenters. The van der Waals surface area contributed by atoms with Gasteiger partial charge in [0.05, 0.1) is 18.4 Å². The van der Waals surface area contributed by atoms with E-state index in [1.165, 1.54) is 14.0 Å². The first-order valence-corrected chi connectivity index (χ1v) is 9.05. The molecule has 146 valence electrons. The molecule has 3 rings (SSSR count). The van der Waals surface area contributed by atoms with E-state index in [2.05, 4.69) is 5.32 Å². The number of ether oxygens (including phenoxy) is 2. The van der Waals surface area contributed by atoms with E-state index in [9.17, 15) is 14.4 Å². The van der Waals surface area contributed by atoms with E-state index < -0.39 is 18.0 Å². The molecular weight excluding hydrogens is 360 g/mol. The fraction of sp³-hybridized carbons (Fsp3) is 0.286. The number of benzene rings is 2. The number of methoxy groups -OCH3 is 1. The Hall–Kier alpha value is -3.35. The largest absolute Gasteiger partial charge is 0.497 e. The summed E-state index contributed by atoms with van der Waals surface area (Å²) >= 11 is 0. The fourth-order valence-electron chi connectivity index (χ4n) is 3.01. The molecule has 1 N–H and O–H groups in total. The number of nitrogens with one attached hydrogen (secondary N) is 1. The van der Waals surface area contributed by atoms with E-state index >= 15 is 0 Å². The van der Waals surface area contributed by atoms with Gasteiger partial charge in [0.2, 0.25) is 5.91 Å². The number of amides is 2. The van der Waals surface area contributed by atoms with E-state index in [-0.39, 0.29) is 11.5 Å². The summed E-state index contributed by atoms with van der Waals surface area (Å²) in [5.41, 5.74) is 1.31. The number of carbonyl (C=O) groups is 3. The molecule has 0 radical (unpaired) electrons. The summed E-state index contributed by atoms with van der Waals surface area (Å²) < 4.78 is 10.5. The van der Waals surface area contributed by atoms with Crippen molar-refractivity contribution in [3.63, 3.8) is 0 Å². The molecule has 2 aromatic carbocycles. The minimum Gasteiger partial charge on any atom is -0.497 e. The summed E-state index contributed by atoms with van der Waals surface area (Å²) in [7, 11) is 1.54. The maximum atomic E-state index is 12.6. The van der Waals surface area contributed by atoms with Crippen LogP contribution in [0.3, 0.4) is 0 Å². The highest BCUT2D eigenvalue weighted by Crippen LogP contribution is 2.26. The average Bonchev–Trinajstić information content (AvgIpc) is 3.13. The van der Waals surface area contributed by atoms with Gasteiger partial charge in [0.15, 0.2) is 6.10 Å². The Morgan fingerprint density at radius 1 is 1.14 bits per heavy atom. The molecular formula is C21H22N2O5. The quantitative estimate of drug-likeness (QED) is 0.777. The van der Waals surface area contributed by atoms with Crippen LogP contribution in [-0.4, -0.2) is 37.5 Å². The van der Waals surface area contributed by atoms with Crippen LogP contribution in [0, 0.1) is 0 Å². The SMILES string of the molecule is COc1cccc(NC(=O)[C@@H](C)OC(=O)c2ccccc2N2CCCC2=O)c1. The standard InChI is InChI=1S/C21H22N2O5/c1-14(20(25)22-15-7-5-8-16(13-15)27-2)28-21(26)17-9-3-4-10-18(17)23-12-6-11-19(23)24/h3-5,7-10,13-14H,6,11-12H2,1-2H3,(H,22,25)/t14-/m1/s1. The van der Waals surface area contributed by atoms with Crippen LogP contribution in [0.2, 0.25) is 0 Å². The Labute approximate surface area is 163 Å². The molecule has 1 aliphatic rings. The van der Waals surface area contributed by atoms with Crippen LogP contribution in [0.25, 0.3) is 0 Å². The number of hydrogen-bond acceptors (Lipinski definition) is 5. The van der Waals surface area contributed by atoms with Crippen LogP contribution < -0.4 is 15.0 Å². The van der Waals surface area contributed by atoms with Crippen molar-refractivity contribution in [2.45, 2.75) is 25.9 Å². The molecule has 1 saturated heterocycles. The molecule has 28 heavy (non-hydrogen) atoms. The summed E-state index contributed by atoms with van der Waals surface area (Å²) in [4.78, 5) is 38.6. The lowest BCUT2D eigenvalue weighted by molar-refractivity contribution is -0.123. The smallest absolute Gasteiger partial charge is 0.341 e. The zero-order chi connectivity index (χ0) is 20.1. The molecule has 0 spiro atoms. The van der Waals surface area contributed by atoms with Gasteiger partial charge >= 0.3 is 5.97 Å². The van der Waals surface area contributed by atoms with Crippen molar-refractivity contribution in [2.24, 2.45) is 0 Å². The zero-order valence-electron chi connectivity index (χ0n) is 15.8. The summed E-state index contributed by atoms with van der Waals surface area (Å²) in [6, 6.07) is 13.6. The summed E-state index contributed by atoms with van der Waals surface area (Å²) in [5.74, 6) is -0.532. The molecule has 1 fully saturated rings. The zero-order valence-corrected chi connectivity index (χ0v) is 15.8. The third-order valence-corrected chi connectivity index (χ3v) is 4.48. The molecule has 7 heteroatoms. The molecule has 2 amide bonds. The van der Waals surface area contributed by atoms with Crippen molar-refractivity contribution in [1.29, 1.82) is 0 Å². The van der Waals surface area contributed by atoms with Crippen LogP contribution in [0.4, 0.5) is 11.4 Å². The minimum atomic E-state index is -1.01. The molecule has 1 aliphatic heterocycles. The van der Waals surface area contributed by atoms with E-state index in [1.807, 2.05) is 0 Å². The van der Waals surface area contributed by atoms with Crippen molar-refractivity contribution < 1.29 is 23.9 Å². The third kappa shape index (κ3) is 4.31. The first kappa shape index (κ1) is 19.4. The van der Waals surface area contributed by atoms with Gasteiger partial charge in [0.25, 0.3) is 5.91 Å². The molecule has 1 heterocycles. The predicted molar refractivity (Wildman–Crippen MR) is 105 cm³/mol. The predicted octanol–water partition coefficient (Wildman–Crippen LogP) is 3.01. The average molecular weight is 382 g/mol. The van der Waals surface area contributed by atoms with Gasteiger partial charge in [-0.15, -0.1) is 0 Å². The Morgan fingerprint density at radius 2 is 1.93 bits per heavy atom. The van der Waals surface area contributed by atoms with Gasteiger partial charge in [0.1, 0.15) is 5.75 Å². The van der Waals surface area contributed by atoms with Crippen LogP contribution in [0.1, 0.15) is 30.1 Å². The highest BCUT2D eigenvalue weighted by Gasteiger charge is 2.27. The molecule has 0 bridgehead atoms. The summed E-state index contributed by atoms with van der Waals surface area (Å²) in [5, 5.41) is 2.69. The molecule has 1 atom stereocenters. The van der Waals surface area contributed by atoms with E-state index in [4.69, 9.17) is 9.47 Å². The van der Waals surface area contributed by atoms with E-state index in [0.717, 1.165) is 6.42 Å². The van der Waals surface area contributed by atoms with Gasteiger partial charge in [-0.05, 0) is 37.6 Å². The van der Waals surface area contributed by atoms with Gasteiger partial charge < -0.3 is 19.7 Å². The number of anilines is 2. The van der Waals surface area contributed by atoms with Gasteiger partial charge in [-0.25, -0.2) is 4.79 Å². The second-order valence-electron chi connectivity index (χ2n) is 6.43. The van der Waals surface area contributed by atoms with Crippen molar-refractivity contribution in [3.8, 4) is 5.75 Å². The molecule has 2 aromatic rings. The fourth-order valence-corrected chi connectivity index (χ4v) is 3.01. The van der Waals surface area contributed by atoms with Gasteiger partial charge in [-0.2, -0.15) is 0 Å². The second kappa shape index (κ2) is 8.56. The first-order chi connectivity index (χ1) is 13.5. The maximum absolute atomic E-state index is 12.6. The van der Waals surface area contributed by atoms with Crippen molar-refractivity contribution in [1.82, 2.24) is 0 Å². The highest BCUT2D eigenvalue weighted by atomic mass is 16.5. The summed E-state index contributed by atoms with van der Waals surface area (Å²) in [6.45, 7) is 2.06. The number of hydrogen-bond donors (Lipinski definition) is 1. The molecule has 0 aliphatic carbocycles. The normalized spacial score (nSPS) is 14.5. The van der Waals surface area contributed by atoms with Gasteiger partial charge in [-0.3, -0.25) is 9.59 Å². The van der Waals surface area contributed by atoms with Crippen molar-refractivity contribution in [2.75, 3.05) is 23.9 Å². The molecule has 0 saturated carbocycles. The van der Waals surface area contributed by atoms with Crippen molar-refractivity contribution >= 4 is 29.2 Å². The Kier molecular flexibility index (Phi) is 5.93. The van der Waals surface area contributed by atoms with Crippen LogP contribution in [0.15, 0.2) is 48.5 Å².